The minimum absolute atomic E-state index is 0.00407. The Bertz CT molecular complexity index is 326. The molecule has 1 aromatic heterocycles. The van der Waals surface area contributed by atoms with Gasteiger partial charge in [-0.15, -0.1) is 0 Å². The number of pyridine rings is 1. The van der Waals surface area contributed by atoms with Gasteiger partial charge in [0.05, 0.1) is 0 Å². The highest BCUT2D eigenvalue weighted by Gasteiger charge is 2.23. The van der Waals surface area contributed by atoms with Crippen LogP contribution in [0.5, 0.6) is 0 Å². The molecule has 1 atom stereocenters. The van der Waals surface area contributed by atoms with Crippen molar-refractivity contribution < 1.29 is 0 Å². The minimum atomic E-state index is -0.00407. The Hall–Kier alpha value is -1.09. The van der Waals surface area contributed by atoms with Crippen molar-refractivity contribution in [3.05, 3.63) is 23.4 Å². The monoisotopic (exact) mass is 193 g/mol. The van der Waals surface area contributed by atoms with Crippen molar-refractivity contribution in [2.75, 3.05) is 5.73 Å². The second-order valence-corrected chi connectivity index (χ2v) is 4.75. The van der Waals surface area contributed by atoms with E-state index in [0.29, 0.717) is 5.82 Å². The molecule has 4 N–H and O–H groups in total. The van der Waals surface area contributed by atoms with Crippen LogP contribution in [0, 0.1) is 12.3 Å². The highest BCUT2D eigenvalue weighted by molar-refractivity contribution is 5.35. The van der Waals surface area contributed by atoms with E-state index in [0.717, 1.165) is 11.3 Å². The van der Waals surface area contributed by atoms with Crippen LogP contribution >= 0.6 is 0 Å². The molecule has 0 aromatic carbocycles. The lowest BCUT2D eigenvalue weighted by molar-refractivity contribution is 0.325. The Kier molecular flexibility index (Phi) is 2.81. The molecule has 3 nitrogen and oxygen atoms in total. The first-order valence-corrected chi connectivity index (χ1v) is 4.81. The van der Waals surface area contributed by atoms with Gasteiger partial charge in [-0.05, 0) is 24.0 Å². The van der Waals surface area contributed by atoms with Crippen molar-refractivity contribution in [3.8, 4) is 0 Å². The van der Waals surface area contributed by atoms with Gasteiger partial charge in [0.25, 0.3) is 0 Å². The summed E-state index contributed by atoms with van der Waals surface area (Å²) in [5, 5.41) is 0. The number of anilines is 1. The van der Waals surface area contributed by atoms with E-state index in [2.05, 4.69) is 25.8 Å². The fourth-order valence-electron chi connectivity index (χ4n) is 1.39. The average molecular weight is 193 g/mol. The third-order valence-electron chi connectivity index (χ3n) is 2.42. The number of nitrogen functional groups attached to an aromatic ring is 1. The Morgan fingerprint density at radius 2 is 1.86 bits per heavy atom. The van der Waals surface area contributed by atoms with Gasteiger partial charge in [-0.3, -0.25) is 0 Å². The van der Waals surface area contributed by atoms with E-state index in [1.807, 2.05) is 13.0 Å². The maximum absolute atomic E-state index is 6.14. The molecular formula is C11H19N3. The molecule has 3 heteroatoms. The molecule has 1 aromatic rings. The summed E-state index contributed by atoms with van der Waals surface area (Å²) < 4.78 is 0. The van der Waals surface area contributed by atoms with E-state index >= 15 is 0 Å². The van der Waals surface area contributed by atoms with Crippen LogP contribution in [0.4, 0.5) is 5.82 Å². The smallest absolute Gasteiger partial charge is 0.123 e. The molecule has 1 rings (SSSR count). The molecule has 0 aliphatic carbocycles. The topological polar surface area (TPSA) is 64.9 Å². The zero-order valence-corrected chi connectivity index (χ0v) is 9.33. The summed E-state index contributed by atoms with van der Waals surface area (Å²) in [6.07, 6.45) is 0. The van der Waals surface area contributed by atoms with Gasteiger partial charge in [0, 0.05) is 11.7 Å². The molecule has 0 amide bonds. The molecule has 78 valence electrons. The van der Waals surface area contributed by atoms with E-state index in [4.69, 9.17) is 11.5 Å². The Morgan fingerprint density at radius 3 is 2.29 bits per heavy atom. The minimum Gasteiger partial charge on any atom is -0.384 e. The summed E-state index contributed by atoms with van der Waals surface area (Å²) >= 11 is 0. The number of hydrogen-bond acceptors (Lipinski definition) is 3. The van der Waals surface area contributed by atoms with E-state index in [9.17, 15) is 0 Å². The molecule has 1 heterocycles. The van der Waals surface area contributed by atoms with Crippen molar-refractivity contribution in [3.63, 3.8) is 0 Å². The number of aromatic nitrogens is 1. The fourth-order valence-corrected chi connectivity index (χ4v) is 1.39. The third-order valence-corrected chi connectivity index (χ3v) is 2.42. The first-order chi connectivity index (χ1) is 6.32. The Morgan fingerprint density at radius 1 is 1.29 bits per heavy atom. The Balaban J connectivity index is 3.08. The summed E-state index contributed by atoms with van der Waals surface area (Å²) in [4.78, 5) is 4.21. The standard InChI is InChI=1S/C11H19N3/c1-7-8(5-6-9(12)14-7)10(13)11(2,3)4/h5-6,10H,13H2,1-4H3,(H2,12,14). The van der Waals surface area contributed by atoms with Gasteiger partial charge < -0.3 is 11.5 Å². The second kappa shape index (κ2) is 3.58. The first-order valence-electron chi connectivity index (χ1n) is 4.81. The third kappa shape index (κ3) is 2.23. The summed E-state index contributed by atoms with van der Waals surface area (Å²) in [5.74, 6) is 0.548. The van der Waals surface area contributed by atoms with Crippen molar-refractivity contribution >= 4 is 5.82 Å². The molecule has 0 saturated heterocycles. The summed E-state index contributed by atoms with van der Waals surface area (Å²) in [6, 6.07) is 3.76. The average Bonchev–Trinajstić information content (AvgIpc) is 2.01. The van der Waals surface area contributed by atoms with Crippen LogP contribution in [0.3, 0.4) is 0 Å². The molecule has 0 spiro atoms. The van der Waals surface area contributed by atoms with Crippen molar-refractivity contribution in [2.45, 2.75) is 33.7 Å². The Labute approximate surface area is 85.5 Å². The van der Waals surface area contributed by atoms with Crippen LogP contribution in [0.1, 0.15) is 38.1 Å². The molecule has 0 radical (unpaired) electrons. The van der Waals surface area contributed by atoms with Crippen molar-refractivity contribution in [1.82, 2.24) is 4.98 Å². The van der Waals surface area contributed by atoms with E-state index in [1.165, 1.54) is 0 Å². The molecule has 0 aliphatic rings. The second-order valence-electron chi connectivity index (χ2n) is 4.75. The van der Waals surface area contributed by atoms with Gasteiger partial charge in [-0.2, -0.15) is 0 Å². The SMILES string of the molecule is Cc1nc(N)ccc1C(N)C(C)(C)C. The van der Waals surface area contributed by atoms with Crippen LogP contribution < -0.4 is 11.5 Å². The fraction of sp³-hybridized carbons (Fsp3) is 0.545. The number of hydrogen-bond donors (Lipinski definition) is 2. The summed E-state index contributed by atoms with van der Waals surface area (Å²) in [7, 11) is 0. The molecular weight excluding hydrogens is 174 g/mol. The number of aryl methyl sites for hydroxylation is 1. The zero-order valence-electron chi connectivity index (χ0n) is 9.33. The highest BCUT2D eigenvalue weighted by atomic mass is 14.8. The lowest BCUT2D eigenvalue weighted by Crippen LogP contribution is -2.27. The van der Waals surface area contributed by atoms with Crippen molar-refractivity contribution in [2.24, 2.45) is 11.1 Å². The van der Waals surface area contributed by atoms with Crippen LogP contribution in [0.25, 0.3) is 0 Å². The molecule has 0 saturated carbocycles. The normalized spacial score (nSPS) is 14.1. The predicted molar refractivity (Wildman–Crippen MR) is 59.8 cm³/mol. The number of nitrogens with two attached hydrogens (primary N) is 2. The molecule has 0 aliphatic heterocycles. The van der Waals surface area contributed by atoms with Crippen LogP contribution in [0.2, 0.25) is 0 Å². The zero-order chi connectivity index (χ0) is 10.9. The predicted octanol–water partition coefficient (Wildman–Crippen LogP) is 2.02. The van der Waals surface area contributed by atoms with Crippen molar-refractivity contribution in [1.29, 1.82) is 0 Å². The lowest BCUT2D eigenvalue weighted by Gasteiger charge is -2.28. The van der Waals surface area contributed by atoms with Gasteiger partial charge in [0.2, 0.25) is 0 Å². The van der Waals surface area contributed by atoms with Gasteiger partial charge in [0.15, 0.2) is 0 Å². The quantitative estimate of drug-likeness (QED) is 0.717. The summed E-state index contributed by atoms with van der Waals surface area (Å²) in [6.45, 7) is 8.30. The maximum atomic E-state index is 6.14. The summed E-state index contributed by atoms with van der Waals surface area (Å²) in [5.41, 5.74) is 13.8. The maximum Gasteiger partial charge on any atom is 0.123 e. The molecule has 0 bridgehead atoms. The molecule has 14 heavy (non-hydrogen) atoms. The van der Waals surface area contributed by atoms with E-state index < -0.39 is 0 Å². The van der Waals surface area contributed by atoms with Gasteiger partial charge in [-0.25, -0.2) is 4.98 Å². The first kappa shape index (κ1) is 11.0. The van der Waals surface area contributed by atoms with E-state index in [-0.39, 0.29) is 11.5 Å². The van der Waals surface area contributed by atoms with Gasteiger partial charge >= 0.3 is 0 Å². The van der Waals surface area contributed by atoms with Gasteiger partial charge in [0.1, 0.15) is 5.82 Å². The highest BCUT2D eigenvalue weighted by Crippen LogP contribution is 2.31. The largest absolute Gasteiger partial charge is 0.384 e. The van der Waals surface area contributed by atoms with Crippen LogP contribution in [0.15, 0.2) is 12.1 Å². The van der Waals surface area contributed by atoms with Crippen LogP contribution in [-0.2, 0) is 0 Å². The molecule has 0 fully saturated rings. The van der Waals surface area contributed by atoms with E-state index in [1.54, 1.807) is 6.07 Å². The van der Waals surface area contributed by atoms with Crippen LogP contribution in [-0.4, -0.2) is 4.98 Å². The number of rotatable bonds is 1. The lowest BCUT2D eigenvalue weighted by atomic mass is 9.82. The molecule has 1 unspecified atom stereocenters. The number of nitrogens with zero attached hydrogens (tertiary/aromatic N) is 1. The van der Waals surface area contributed by atoms with Gasteiger partial charge in [-0.1, -0.05) is 26.8 Å².